The highest BCUT2D eigenvalue weighted by molar-refractivity contribution is 6.00. The first-order chi connectivity index (χ1) is 16.6. The molecule has 4 rings (SSSR count). The number of hydrogen-bond donors (Lipinski definition) is 2. The lowest BCUT2D eigenvalue weighted by Crippen LogP contribution is -2.33. The van der Waals surface area contributed by atoms with E-state index >= 15 is 0 Å². The molecule has 7 nitrogen and oxygen atoms in total. The molecule has 0 saturated carbocycles. The predicted molar refractivity (Wildman–Crippen MR) is 132 cm³/mol. The topological polar surface area (TPSA) is 114 Å². The molecule has 0 bridgehead atoms. The lowest BCUT2D eigenvalue weighted by molar-refractivity contribution is -0.119. The van der Waals surface area contributed by atoms with Crippen LogP contribution in [0.15, 0.2) is 65.3 Å². The molecule has 3 N–H and O–H groups in total. The van der Waals surface area contributed by atoms with E-state index in [9.17, 15) is 14.9 Å². The number of aryl methyl sites for hydroxylation is 2. The lowest BCUT2D eigenvalue weighted by atomic mass is 9.70. The second kappa shape index (κ2) is 9.30. The van der Waals surface area contributed by atoms with Gasteiger partial charge >= 0.3 is 0 Å². The summed E-state index contributed by atoms with van der Waals surface area (Å²) in [5.41, 5.74) is 10.1. The number of amides is 1. The van der Waals surface area contributed by atoms with Gasteiger partial charge in [-0.15, -0.1) is 0 Å². The van der Waals surface area contributed by atoms with E-state index in [1.807, 2.05) is 52.0 Å². The van der Waals surface area contributed by atoms with Crippen molar-refractivity contribution in [2.45, 2.75) is 46.5 Å². The van der Waals surface area contributed by atoms with Gasteiger partial charge in [-0.2, -0.15) is 5.26 Å². The Balaban J connectivity index is 1.56. The molecule has 0 radical (unpaired) electrons. The smallest absolute Gasteiger partial charge is 0.262 e. The zero-order valence-corrected chi connectivity index (χ0v) is 20.4. The van der Waals surface area contributed by atoms with Crippen LogP contribution in [0.1, 0.15) is 49.3 Å². The van der Waals surface area contributed by atoms with Gasteiger partial charge in [-0.05, 0) is 60.2 Å². The predicted octanol–water partition coefficient (Wildman–Crippen LogP) is 4.77. The zero-order valence-electron chi connectivity index (χ0n) is 20.4. The van der Waals surface area contributed by atoms with Crippen molar-refractivity contribution < 1.29 is 19.1 Å². The summed E-state index contributed by atoms with van der Waals surface area (Å²) in [6.45, 7) is 7.82. The van der Waals surface area contributed by atoms with Crippen LogP contribution >= 0.6 is 0 Å². The second-order valence-corrected chi connectivity index (χ2v) is 9.91. The Morgan fingerprint density at radius 3 is 2.69 bits per heavy atom. The van der Waals surface area contributed by atoms with Gasteiger partial charge in [0, 0.05) is 24.1 Å². The number of anilines is 1. The van der Waals surface area contributed by atoms with Crippen molar-refractivity contribution in [1.82, 2.24) is 0 Å². The SMILES string of the molecule is Cc1ccc(NC(=O)COc2cccc(C3C(C#N)=C(N)OC4=C3C(=O)CC(C)(C)C4)c2)cc1C. The number of ketones is 1. The Kier molecular flexibility index (Phi) is 6.40. The number of nitrogens with zero attached hydrogens (tertiary/aromatic N) is 1. The molecule has 1 amide bonds. The van der Waals surface area contributed by atoms with Crippen molar-refractivity contribution in [2.75, 3.05) is 11.9 Å². The third-order valence-electron chi connectivity index (χ3n) is 6.43. The maximum Gasteiger partial charge on any atom is 0.262 e. The van der Waals surface area contributed by atoms with E-state index in [-0.39, 0.29) is 35.2 Å². The Morgan fingerprint density at radius 2 is 1.97 bits per heavy atom. The van der Waals surface area contributed by atoms with Crippen LogP contribution in [0.2, 0.25) is 0 Å². The van der Waals surface area contributed by atoms with Crippen LogP contribution < -0.4 is 15.8 Å². The van der Waals surface area contributed by atoms with E-state index in [4.69, 9.17) is 15.2 Å². The number of nitrogens with one attached hydrogen (secondary N) is 1. The fraction of sp³-hybridized carbons (Fsp3) is 0.321. The third kappa shape index (κ3) is 5.07. The van der Waals surface area contributed by atoms with Crippen molar-refractivity contribution in [3.63, 3.8) is 0 Å². The van der Waals surface area contributed by atoms with Crippen LogP contribution in [-0.2, 0) is 14.3 Å². The lowest BCUT2D eigenvalue weighted by Gasteiger charge is -2.37. The molecular weight excluding hydrogens is 442 g/mol. The van der Waals surface area contributed by atoms with Crippen LogP contribution in [0.3, 0.4) is 0 Å². The average Bonchev–Trinajstić information content (AvgIpc) is 2.78. The number of allylic oxidation sites excluding steroid dienone is 3. The van der Waals surface area contributed by atoms with Gasteiger partial charge in [0.05, 0.1) is 5.92 Å². The van der Waals surface area contributed by atoms with Gasteiger partial charge in [-0.3, -0.25) is 9.59 Å². The van der Waals surface area contributed by atoms with Crippen molar-refractivity contribution in [3.05, 3.63) is 81.9 Å². The highest BCUT2D eigenvalue weighted by atomic mass is 16.5. The number of benzene rings is 2. The molecule has 7 heteroatoms. The Bertz CT molecular complexity index is 1310. The first-order valence-corrected chi connectivity index (χ1v) is 11.5. The fourth-order valence-corrected chi connectivity index (χ4v) is 4.57. The van der Waals surface area contributed by atoms with E-state index in [0.717, 1.165) is 11.1 Å². The molecule has 1 aliphatic heterocycles. The highest BCUT2D eigenvalue weighted by Gasteiger charge is 2.43. The minimum absolute atomic E-state index is 0.0147. The molecule has 0 saturated heterocycles. The summed E-state index contributed by atoms with van der Waals surface area (Å²) in [6, 6.07) is 14.9. The highest BCUT2D eigenvalue weighted by Crippen LogP contribution is 2.48. The van der Waals surface area contributed by atoms with E-state index in [0.29, 0.717) is 41.2 Å². The van der Waals surface area contributed by atoms with Crippen molar-refractivity contribution in [2.24, 2.45) is 11.1 Å². The molecular formula is C28H29N3O4. The van der Waals surface area contributed by atoms with Gasteiger partial charge in [0.2, 0.25) is 5.88 Å². The summed E-state index contributed by atoms with van der Waals surface area (Å²) >= 11 is 0. The Labute approximate surface area is 205 Å². The van der Waals surface area contributed by atoms with Gasteiger partial charge < -0.3 is 20.5 Å². The van der Waals surface area contributed by atoms with E-state index < -0.39 is 5.92 Å². The number of nitriles is 1. The molecule has 180 valence electrons. The van der Waals surface area contributed by atoms with Crippen molar-refractivity contribution in [3.8, 4) is 11.8 Å². The number of nitrogens with two attached hydrogens (primary N) is 1. The van der Waals surface area contributed by atoms with Gasteiger partial charge in [-0.1, -0.05) is 32.0 Å². The second-order valence-electron chi connectivity index (χ2n) is 9.91. The number of rotatable bonds is 5. The first kappa shape index (κ1) is 24.1. The number of Topliss-reactive ketones (excluding diaryl/α,β-unsaturated/α-hetero) is 1. The van der Waals surface area contributed by atoms with Crippen LogP contribution in [0.5, 0.6) is 5.75 Å². The number of ether oxygens (including phenoxy) is 2. The largest absolute Gasteiger partial charge is 0.484 e. The standard InChI is InChI=1S/C28H29N3O4/c1-16-8-9-19(10-17(16)2)31-24(33)15-34-20-7-5-6-18(11-20)25-21(14-29)27(30)35-23-13-28(3,4)12-22(32)26(23)25/h5-11,25H,12-13,15,30H2,1-4H3,(H,31,33). The summed E-state index contributed by atoms with van der Waals surface area (Å²) in [5.74, 6) is 0.000575. The summed E-state index contributed by atoms with van der Waals surface area (Å²) in [7, 11) is 0. The Hall–Kier alpha value is -4.05. The van der Waals surface area contributed by atoms with E-state index in [1.165, 1.54) is 0 Å². The molecule has 2 aromatic carbocycles. The summed E-state index contributed by atoms with van der Waals surface area (Å²) in [6.07, 6.45) is 0.915. The van der Waals surface area contributed by atoms with Gasteiger partial charge in [0.25, 0.3) is 5.91 Å². The quantitative estimate of drug-likeness (QED) is 0.649. The van der Waals surface area contributed by atoms with Gasteiger partial charge in [-0.25, -0.2) is 0 Å². The molecule has 0 aromatic heterocycles. The number of hydrogen-bond acceptors (Lipinski definition) is 6. The van der Waals surface area contributed by atoms with Crippen LogP contribution in [0, 0.1) is 30.6 Å². The summed E-state index contributed by atoms with van der Waals surface area (Å²) in [5, 5.41) is 12.6. The van der Waals surface area contributed by atoms with Gasteiger partial charge in [0.15, 0.2) is 12.4 Å². The summed E-state index contributed by atoms with van der Waals surface area (Å²) in [4.78, 5) is 25.5. The van der Waals surface area contributed by atoms with E-state index in [1.54, 1.807) is 18.2 Å². The monoisotopic (exact) mass is 471 g/mol. The minimum atomic E-state index is -0.639. The van der Waals surface area contributed by atoms with Gasteiger partial charge in [0.1, 0.15) is 23.2 Å². The normalized spacial score (nSPS) is 18.9. The summed E-state index contributed by atoms with van der Waals surface area (Å²) < 4.78 is 11.5. The maximum absolute atomic E-state index is 13.1. The maximum atomic E-state index is 13.1. The molecule has 0 spiro atoms. The average molecular weight is 472 g/mol. The molecule has 35 heavy (non-hydrogen) atoms. The fourth-order valence-electron chi connectivity index (χ4n) is 4.57. The van der Waals surface area contributed by atoms with Crippen molar-refractivity contribution >= 4 is 17.4 Å². The number of carbonyl (C=O) groups excluding carboxylic acids is 2. The number of carbonyl (C=O) groups is 2. The first-order valence-electron chi connectivity index (χ1n) is 11.5. The van der Waals surface area contributed by atoms with Crippen LogP contribution in [0.25, 0.3) is 0 Å². The molecule has 2 aliphatic rings. The molecule has 1 unspecified atom stereocenters. The molecule has 2 aromatic rings. The Morgan fingerprint density at radius 1 is 1.20 bits per heavy atom. The van der Waals surface area contributed by atoms with Crippen molar-refractivity contribution in [1.29, 1.82) is 5.26 Å². The minimum Gasteiger partial charge on any atom is -0.484 e. The third-order valence-corrected chi connectivity index (χ3v) is 6.43. The molecule has 1 aliphatic carbocycles. The van der Waals surface area contributed by atoms with Crippen LogP contribution in [-0.4, -0.2) is 18.3 Å². The molecule has 0 fully saturated rings. The zero-order chi connectivity index (χ0) is 25.3. The molecule has 1 atom stereocenters. The molecule has 1 heterocycles. The van der Waals surface area contributed by atoms with E-state index in [2.05, 4.69) is 11.4 Å². The van der Waals surface area contributed by atoms with Crippen LogP contribution in [0.4, 0.5) is 5.69 Å².